The topological polar surface area (TPSA) is 49.8 Å². The second-order valence-corrected chi connectivity index (χ2v) is 7.97. The minimum Gasteiger partial charge on any atom is -0.457 e. The van der Waals surface area contributed by atoms with Crippen molar-refractivity contribution in [2.75, 3.05) is 13.6 Å². The molecular formula is C16H25NO3. The fourth-order valence-electron chi connectivity index (χ4n) is 6.27. The van der Waals surface area contributed by atoms with Crippen LogP contribution >= 0.6 is 0 Å². The van der Waals surface area contributed by atoms with Crippen LogP contribution in [0.5, 0.6) is 0 Å². The first-order valence-electron chi connectivity index (χ1n) is 7.97. The Hall–Kier alpha value is -0.610. The molecule has 4 nitrogen and oxygen atoms in total. The van der Waals surface area contributed by atoms with Crippen LogP contribution in [0.15, 0.2) is 0 Å². The lowest BCUT2D eigenvalue weighted by Gasteiger charge is -2.54. The van der Waals surface area contributed by atoms with E-state index in [1.54, 1.807) is 0 Å². The highest BCUT2D eigenvalue weighted by Gasteiger charge is 2.78. The molecule has 2 aliphatic heterocycles. The number of fused-ring (bicyclic) bond motifs is 4. The van der Waals surface area contributed by atoms with Gasteiger partial charge in [-0.25, -0.2) is 0 Å². The lowest BCUT2D eigenvalue weighted by molar-refractivity contribution is -0.247. The van der Waals surface area contributed by atoms with Gasteiger partial charge in [-0.3, -0.25) is 9.69 Å². The summed E-state index contributed by atoms with van der Waals surface area (Å²) in [5.41, 5.74) is -1.16. The molecule has 0 aromatic heterocycles. The van der Waals surface area contributed by atoms with Crippen LogP contribution in [0.4, 0.5) is 0 Å². The van der Waals surface area contributed by atoms with Crippen molar-refractivity contribution < 1.29 is 14.6 Å². The number of nitrogens with zero attached hydrogens (tertiary/aromatic N) is 1. The van der Waals surface area contributed by atoms with Crippen molar-refractivity contribution in [1.82, 2.24) is 4.90 Å². The molecule has 0 spiro atoms. The van der Waals surface area contributed by atoms with Crippen molar-refractivity contribution >= 4 is 5.97 Å². The number of aliphatic hydroxyl groups is 1. The molecule has 4 fully saturated rings. The first kappa shape index (κ1) is 13.1. The van der Waals surface area contributed by atoms with Gasteiger partial charge in [-0.15, -0.1) is 0 Å². The average Bonchev–Trinajstić information content (AvgIpc) is 2.92. The zero-order chi connectivity index (χ0) is 14.4. The third-order valence-electron chi connectivity index (χ3n) is 7.19. The van der Waals surface area contributed by atoms with Crippen LogP contribution in [0.1, 0.15) is 33.6 Å². The zero-order valence-electron chi connectivity index (χ0n) is 12.8. The molecule has 4 rings (SSSR count). The van der Waals surface area contributed by atoms with Crippen LogP contribution in [-0.2, 0) is 9.53 Å². The number of likely N-dealkylation sites (tertiary alicyclic amines) is 1. The van der Waals surface area contributed by atoms with Crippen LogP contribution in [0.3, 0.4) is 0 Å². The number of esters is 1. The van der Waals surface area contributed by atoms with Gasteiger partial charge < -0.3 is 9.84 Å². The quantitative estimate of drug-likeness (QED) is 0.739. The minimum atomic E-state index is -0.976. The molecule has 1 N–H and O–H groups in total. The summed E-state index contributed by atoms with van der Waals surface area (Å²) < 4.78 is 5.73. The monoisotopic (exact) mass is 279 g/mol. The number of ether oxygens (including phenoxy) is 1. The molecular weight excluding hydrogens is 254 g/mol. The first-order valence-corrected chi connectivity index (χ1v) is 7.97. The molecule has 0 amide bonds. The van der Waals surface area contributed by atoms with Gasteiger partial charge in [0.1, 0.15) is 6.10 Å². The zero-order valence-corrected chi connectivity index (χ0v) is 12.8. The maximum atomic E-state index is 12.4. The van der Waals surface area contributed by atoms with Gasteiger partial charge >= 0.3 is 5.97 Å². The maximum absolute atomic E-state index is 12.4. The predicted octanol–water partition coefficient (Wildman–Crippen LogP) is 1.48. The molecule has 4 heteroatoms. The molecule has 0 aromatic rings. The standard InChI is InChI=1S/C16H25NO3/c1-8(2)11-12-10-6-5-9-7-17(4)16(19,15(9,10)3)13(11)20-14(12)18/h8-13,19H,5-7H2,1-4H3/t9?,10-,11-,12+,13+,15-,16-/m0/s1. The SMILES string of the molecule is CC(C)[C@H]1[C@@H]2C(=O)O[C@H]1[C@@]1(O)N(C)CC3CC[C@@H]2[C@]31C. The predicted molar refractivity (Wildman–Crippen MR) is 73.6 cm³/mol. The summed E-state index contributed by atoms with van der Waals surface area (Å²) in [5, 5.41) is 11.6. The molecule has 1 unspecified atom stereocenters. The lowest BCUT2D eigenvalue weighted by Crippen LogP contribution is -2.67. The van der Waals surface area contributed by atoms with Gasteiger partial charge in [0, 0.05) is 17.9 Å². The van der Waals surface area contributed by atoms with Crippen molar-refractivity contribution in [1.29, 1.82) is 0 Å². The summed E-state index contributed by atoms with van der Waals surface area (Å²) >= 11 is 0. The van der Waals surface area contributed by atoms with E-state index < -0.39 is 5.72 Å². The first-order chi connectivity index (χ1) is 9.33. The van der Waals surface area contributed by atoms with Gasteiger partial charge in [-0.2, -0.15) is 0 Å². The Balaban J connectivity index is 1.92. The fraction of sp³-hybridized carbons (Fsp3) is 0.938. The lowest BCUT2D eigenvalue weighted by atomic mass is 9.53. The third-order valence-corrected chi connectivity index (χ3v) is 7.19. The van der Waals surface area contributed by atoms with Crippen LogP contribution in [0.25, 0.3) is 0 Å². The van der Waals surface area contributed by atoms with E-state index in [1.165, 1.54) is 0 Å². The number of hydrogen-bond donors (Lipinski definition) is 1. The summed E-state index contributed by atoms with van der Waals surface area (Å²) in [7, 11) is 1.99. The van der Waals surface area contributed by atoms with Crippen LogP contribution < -0.4 is 0 Å². The molecule has 4 aliphatic rings. The number of carbonyl (C=O) groups excluding carboxylic acids is 1. The van der Waals surface area contributed by atoms with Crippen molar-refractivity contribution in [2.24, 2.45) is 35.0 Å². The summed E-state index contributed by atoms with van der Waals surface area (Å²) in [5.74, 6) is 1.23. The highest BCUT2D eigenvalue weighted by atomic mass is 16.6. The van der Waals surface area contributed by atoms with E-state index in [9.17, 15) is 9.90 Å². The van der Waals surface area contributed by atoms with Crippen molar-refractivity contribution in [2.45, 2.75) is 45.4 Å². The highest BCUT2D eigenvalue weighted by molar-refractivity contribution is 5.77. The van der Waals surface area contributed by atoms with E-state index in [-0.39, 0.29) is 35.2 Å². The fourth-order valence-corrected chi connectivity index (χ4v) is 6.27. The summed E-state index contributed by atoms with van der Waals surface area (Å²) in [6.07, 6.45) is 1.84. The van der Waals surface area contributed by atoms with E-state index in [1.807, 2.05) is 7.05 Å². The molecule has 0 radical (unpaired) electrons. The smallest absolute Gasteiger partial charge is 0.310 e. The van der Waals surface area contributed by atoms with E-state index >= 15 is 0 Å². The number of likely N-dealkylation sites (N-methyl/N-ethyl adjacent to an activating group) is 1. The molecule has 2 aliphatic carbocycles. The third kappa shape index (κ3) is 1.09. The average molecular weight is 279 g/mol. The molecule has 7 atom stereocenters. The number of carbonyl (C=O) groups is 1. The summed E-state index contributed by atoms with van der Waals surface area (Å²) in [6.45, 7) is 7.44. The Morgan fingerprint density at radius 2 is 2.10 bits per heavy atom. The number of rotatable bonds is 1. The maximum Gasteiger partial charge on any atom is 0.310 e. The van der Waals surface area contributed by atoms with Gasteiger partial charge in [0.25, 0.3) is 0 Å². The Bertz CT molecular complexity index is 478. The van der Waals surface area contributed by atoms with Crippen LogP contribution in [-0.4, -0.2) is 41.4 Å². The van der Waals surface area contributed by atoms with Gasteiger partial charge in [0.15, 0.2) is 5.72 Å². The second-order valence-electron chi connectivity index (χ2n) is 7.97. The molecule has 0 aromatic carbocycles. The van der Waals surface area contributed by atoms with E-state index in [0.29, 0.717) is 11.8 Å². The van der Waals surface area contributed by atoms with E-state index in [4.69, 9.17) is 4.74 Å². The van der Waals surface area contributed by atoms with Crippen LogP contribution in [0.2, 0.25) is 0 Å². The van der Waals surface area contributed by atoms with Crippen molar-refractivity contribution in [3.8, 4) is 0 Å². The summed E-state index contributed by atoms with van der Waals surface area (Å²) in [4.78, 5) is 14.5. The van der Waals surface area contributed by atoms with Crippen molar-refractivity contribution in [3.05, 3.63) is 0 Å². The van der Waals surface area contributed by atoms with Gasteiger partial charge in [-0.1, -0.05) is 20.8 Å². The highest BCUT2D eigenvalue weighted by Crippen LogP contribution is 2.70. The Morgan fingerprint density at radius 1 is 1.40 bits per heavy atom. The molecule has 2 heterocycles. The van der Waals surface area contributed by atoms with Gasteiger partial charge in [-0.05, 0) is 37.6 Å². The number of hydrogen-bond acceptors (Lipinski definition) is 4. The molecule has 2 saturated heterocycles. The molecule has 2 bridgehead atoms. The molecule has 20 heavy (non-hydrogen) atoms. The van der Waals surface area contributed by atoms with Crippen molar-refractivity contribution in [3.63, 3.8) is 0 Å². The normalized spacial score (nSPS) is 57.3. The largest absolute Gasteiger partial charge is 0.457 e. The molecule has 2 saturated carbocycles. The minimum absolute atomic E-state index is 0.00164. The van der Waals surface area contributed by atoms with E-state index in [0.717, 1.165) is 19.4 Å². The van der Waals surface area contributed by atoms with Crippen LogP contribution in [0, 0.1) is 35.0 Å². The van der Waals surface area contributed by atoms with E-state index in [2.05, 4.69) is 25.7 Å². The Morgan fingerprint density at radius 3 is 2.75 bits per heavy atom. The van der Waals surface area contributed by atoms with Gasteiger partial charge in [0.2, 0.25) is 0 Å². The molecule has 112 valence electrons. The Labute approximate surface area is 120 Å². The second kappa shape index (κ2) is 3.58. The van der Waals surface area contributed by atoms with Gasteiger partial charge in [0.05, 0.1) is 5.92 Å². The summed E-state index contributed by atoms with van der Waals surface area (Å²) in [6, 6.07) is 0. The Kier molecular flexibility index (Phi) is 2.34.